The average molecular weight is 605 g/mol. The molecule has 0 unspecified atom stereocenters. The topological polar surface area (TPSA) is 168 Å². The number of esters is 1. The van der Waals surface area contributed by atoms with E-state index in [1.165, 1.54) is 0 Å². The first-order valence-electron chi connectivity index (χ1n) is 14.3. The van der Waals surface area contributed by atoms with Crippen LogP contribution < -0.4 is 16.0 Å². The van der Waals surface area contributed by atoms with Gasteiger partial charge in [-0.25, -0.2) is 15.5 Å². The van der Waals surface area contributed by atoms with Crippen LogP contribution in [0.2, 0.25) is 0 Å². The number of nitrogens with two attached hydrogens (primary N) is 1. The van der Waals surface area contributed by atoms with Crippen LogP contribution in [0.15, 0.2) is 84.9 Å². The van der Waals surface area contributed by atoms with Crippen LogP contribution in [0, 0.1) is 17.2 Å². The summed E-state index contributed by atoms with van der Waals surface area (Å²) in [7, 11) is 0. The smallest absolute Gasteiger partial charge is 0.410 e. The number of fused-ring (bicyclic) bond motifs is 1. The Morgan fingerprint density at radius 2 is 1.48 bits per heavy atom. The molecule has 2 fully saturated rings. The fraction of sp³-hybridized carbons (Fsp3) is 0.364. The number of ether oxygens (including phenoxy) is 3. The molecule has 3 aromatic carbocycles. The number of carbonyl (C=O) groups is 2. The zero-order valence-electron chi connectivity index (χ0n) is 25.1. The molecule has 4 atom stereocenters. The van der Waals surface area contributed by atoms with Crippen LogP contribution in [0.25, 0.3) is 0 Å². The van der Waals surface area contributed by atoms with Crippen molar-refractivity contribution < 1.29 is 34.1 Å². The lowest BCUT2D eigenvalue weighted by Gasteiger charge is -2.26. The lowest BCUT2D eigenvalue weighted by molar-refractivity contribution is -0.163. The van der Waals surface area contributed by atoms with Crippen molar-refractivity contribution in [2.24, 2.45) is 17.7 Å². The molecule has 1 aliphatic heterocycles. The highest BCUT2D eigenvalue weighted by Gasteiger charge is 2.57. The van der Waals surface area contributed by atoms with E-state index in [1.807, 2.05) is 81.4 Å². The number of nitrogens with one attached hydrogen (secondary N) is 2. The summed E-state index contributed by atoms with van der Waals surface area (Å²) in [5.41, 5.74) is 1.82. The third-order valence-corrected chi connectivity index (χ3v) is 7.57. The lowest BCUT2D eigenvalue weighted by atomic mass is 10.0. The SMILES string of the molecule is CC(C)(C)OC(=O)N1C[C@@H]2[C@H](C1)[C@@H]2NC(=N)c1ccc(OC[C@@H](ON)C(=O)OC(c2ccccc2)c2ccccc2)cc1.O. The van der Waals surface area contributed by atoms with Crippen molar-refractivity contribution in [3.05, 3.63) is 102 Å². The number of amidine groups is 1. The van der Waals surface area contributed by atoms with Gasteiger partial charge in [-0.15, -0.1) is 0 Å². The number of hydrogen-bond donors (Lipinski definition) is 3. The van der Waals surface area contributed by atoms with Crippen LogP contribution in [-0.2, 0) is 19.1 Å². The highest BCUT2D eigenvalue weighted by atomic mass is 16.7. The average Bonchev–Trinajstić information content (AvgIpc) is 3.41. The summed E-state index contributed by atoms with van der Waals surface area (Å²) in [6.45, 7) is 6.67. The zero-order valence-corrected chi connectivity index (χ0v) is 25.1. The Kier molecular flexibility index (Phi) is 10.3. The summed E-state index contributed by atoms with van der Waals surface area (Å²) in [5, 5.41) is 11.8. The minimum Gasteiger partial charge on any atom is -0.490 e. The number of hydrogen-bond acceptors (Lipinski definition) is 8. The van der Waals surface area contributed by atoms with Crippen molar-refractivity contribution in [1.29, 1.82) is 5.41 Å². The number of nitrogens with zero attached hydrogens (tertiary/aromatic N) is 1. The van der Waals surface area contributed by atoms with Gasteiger partial charge < -0.3 is 29.9 Å². The van der Waals surface area contributed by atoms with Crippen LogP contribution in [0.3, 0.4) is 0 Å². The molecule has 1 aliphatic carbocycles. The summed E-state index contributed by atoms with van der Waals surface area (Å²) in [6.07, 6.45) is -2.06. The Hall–Kier alpha value is -4.45. The molecule has 1 heterocycles. The number of benzene rings is 3. The Morgan fingerprint density at radius 3 is 1.98 bits per heavy atom. The number of carbonyl (C=O) groups excluding carboxylic acids is 2. The molecule has 2 aliphatic rings. The zero-order chi connectivity index (χ0) is 30.6. The fourth-order valence-corrected chi connectivity index (χ4v) is 5.29. The molecule has 44 heavy (non-hydrogen) atoms. The molecule has 0 bridgehead atoms. The second kappa shape index (κ2) is 13.9. The first-order valence-corrected chi connectivity index (χ1v) is 14.3. The Labute approximate surface area is 257 Å². The van der Waals surface area contributed by atoms with E-state index in [2.05, 4.69) is 5.32 Å². The molecular weight excluding hydrogens is 564 g/mol. The van der Waals surface area contributed by atoms with E-state index in [1.54, 1.807) is 29.2 Å². The maximum atomic E-state index is 13.0. The van der Waals surface area contributed by atoms with E-state index in [9.17, 15) is 9.59 Å². The quantitative estimate of drug-likeness (QED) is 0.137. The van der Waals surface area contributed by atoms with Crippen molar-refractivity contribution in [3.63, 3.8) is 0 Å². The summed E-state index contributed by atoms with van der Waals surface area (Å²) < 4.78 is 17.1. The Balaban J connectivity index is 0.00000442. The number of likely N-dealkylation sites (tertiary alicyclic amines) is 1. The van der Waals surface area contributed by atoms with Crippen molar-refractivity contribution in [2.75, 3.05) is 19.7 Å². The first-order chi connectivity index (χ1) is 20.6. The van der Waals surface area contributed by atoms with Crippen LogP contribution in [0.5, 0.6) is 5.75 Å². The van der Waals surface area contributed by atoms with Gasteiger partial charge in [0.2, 0.25) is 6.10 Å². The van der Waals surface area contributed by atoms with E-state index in [-0.39, 0.29) is 24.2 Å². The largest absolute Gasteiger partial charge is 0.490 e. The van der Waals surface area contributed by atoms with Gasteiger partial charge in [0.05, 0.1) is 0 Å². The normalized spacial score (nSPS) is 19.3. The summed E-state index contributed by atoms with van der Waals surface area (Å²) in [5.74, 6) is 6.22. The molecule has 5 rings (SSSR count). The monoisotopic (exact) mass is 604 g/mol. The van der Waals surface area contributed by atoms with Crippen LogP contribution in [-0.4, -0.2) is 65.7 Å². The fourth-order valence-electron chi connectivity index (χ4n) is 5.29. The molecule has 1 saturated carbocycles. The van der Waals surface area contributed by atoms with E-state index >= 15 is 0 Å². The first kappa shape index (κ1) is 32.5. The van der Waals surface area contributed by atoms with Gasteiger partial charge in [-0.1, -0.05) is 60.7 Å². The van der Waals surface area contributed by atoms with Gasteiger partial charge in [0.25, 0.3) is 0 Å². The summed E-state index contributed by atoms with van der Waals surface area (Å²) in [4.78, 5) is 32.0. The molecule has 11 heteroatoms. The van der Waals surface area contributed by atoms with Gasteiger partial charge in [-0.3, -0.25) is 10.2 Å². The molecule has 11 nitrogen and oxygen atoms in total. The number of amides is 1. The molecule has 6 N–H and O–H groups in total. The van der Waals surface area contributed by atoms with Gasteiger partial charge in [0.15, 0.2) is 6.10 Å². The molecule has 1 saturated heterocycles. The summed E-state index contributed by atoms with van der Waals surface area (Å²) >= 11 is 0. The molecule has 1 amide bonds. The van der Waals surface area contributed by atoms with Crippen molar-refractivity contribution in [3.8, 4) is 5.75 Å². The maximum absolute atomic E-state index is 13.0. The van der Waals surface area contributed by atoms with Crippen molar-refractivity contribution in [1.82, 2.24) is 10.2 Å². The van der Waals surface area contributed by atoms with Crippen LogP contribution >= 0.6 is 0 Å². The van der Waals surface area contributed by atoms with Gasteiger partial charge in [-0.05, 0) is 56.2 Å². The standard InChI is InChI=1S/C33H38N4O6.H2O/c1-33(2,3)42-32(39)37-18-25-26(19-37)28(25)36-30(34)23-14-16-24(17-15-23)40-20-27(43-35)31(38)41-29(21-10-6-4-7-11-21)22-12-8-5-9-13-22;/h4-17,25-29H,18-20,35H2,1-3H3,(H2,34,36);1H2/t25-,26+,27-,28-;/m1./s1. The molecule has 3 aromatic rings. The maximum Gasteiger partial charge on any atom is 0.410 e. The molecule has 0 radical (unpaired) electrons. The van der Waals surface area contributed by atoms with Gasteiger partial charge in [0, 0.05) is 36.5 Å². The Bertz CT molecular complexity index is 1360. The van der Waals surface area contributed by atoms with Crippen molar-refractivity contribution in [2.45, 2.75) is 44.6 Å². The molecule has 0 aromatic heterocycles. The molecular formula is C33H40N4O7. The van der Waals surface area contributed by atoms with Gasteiger partial charge in [0.1, 0.15) is 23.8 Å². The summed E-state index contributed by atoms with van der Waals surface area (Å²) in [6, 6.07) is 26.0. The third kappa shape index (κ3) is 7.93. The van der Waals surface area contributed by atoms with Gasteiger partial charge >= 0.3 is 12.1 Å². The van der Waals surface area contributed by atoms with E-state index in [0.717, 1.165) is 11.1 Å². The predicted octanol–water partition coefficient (Wildman–Crippen LogP) is 3.61. The number of piperidine rings is 1. The minimum absolute atomic E-state index is 0. The number of rotatable bonds is 10. The van der Waals surface area contributed by atoms with Crippen LogP contribution in [0.1, 0.15) is 43.6 Å². The molecule has 234 valence electrons. The lowest BCUT2D eigenvalue weighted by Crippen LogP contribution is -2.40. The Morgan fingerprint density at radius 1 is 0.932 bits per heavy atom. The highest BCUT2D eigenvalue weighted by molar-refractivity contribution is 5.97. The third-order valence-electron chi connectivity index (χ3n) is 7.57. The van der Waals surface area contributed by atoms with Crippen molar-refractivity contribution >= 4 is 17.9 Å². The minimum atomic E-state index is -1.15. The second-order valence-electron chi connectivity index (χ2n) is 11.9. The second-order valence-corrected chi connectivity index (χ2v) is 11.9. The van der Waals surface area contributed by atoms with Crippen LogP contribution in [0.4, 0.5) is 4.79 Å². The van der Waals surface area contributed by atoms with E-state index in [4.69, 9.17) is 30.4 Å². The van der Waals surface area contributed by atoms with E-state index < -0.39 is 23.8 Å². The predicted molar refractivity (Wildman–Crippen MR) is 164 cm³/mol. The van der Waals surface area contributed by atoms with E-state index in [0.29, 0.717) is 42.1 Å². The molecule has 0 spiro atoms. The highest BCUT2D eigenvalue weighted by Crippen LogP contribution is 2.46. The van der Waals surface area contributed by atoms with Gasteiger partial charge in [-0.2, -0.15) is 0 Å².